The van der Waals surface area contributed by atoms with E-state index in [0.717, 1.165) is 4.73 Å². The predicted molar refractivity (Wildman–Crippen MR) is 78.1 cm³/mol. The molecule has 0 aliphatic carbocycles. The summed E-state index contributed by atoms with van der Waals surface area (Å²) < 4.78 is 5.84. The Morgan fingerprint density at radius 2 is 2.05 bits per heavy atom. The summed E-state index contributed by atoms with van der Waals surface area (Å²) >= 11 is -0.107. The number of hydrazone groups is 1. The summed E-state index contributed by atoms with van der Waals surface area (Å²) in [6, 6.07) is 0. The molecule has 0 fully saturated rings. The third-order valence-corrected chi connectivity index (χ3v) is 5.17. The van der Waals surface area contributed by atoms with Crippen molar-refractivity contribution in [3.8, 4) is 0 Å². The minimum atomic E-state index is -0.636. The second kappa shape index (κ2) is 6.37. The molecule has 1 aliphatic rings. The summed E-state index contributed by atoms with van der Waals surface area (Å²) in [4.78, 5) is 28.7. The number of nitrogens with zero attached hydrogens (tertiary/aromatic N) is 3. The van der Waals surface area contributed by atoms with Crippen LogP contribution < -0.4 is 5.43 Å². The molecule has 0 saturated carbocycles. The Bertz CT molecular complexity index is 466. The molecule has 1 aliphatic heterocycles. The summed E-state index contributed by atoms with van der Waals surface area (Å²) in [6.07, 6.45) is -0.636. The van der Waals surface area contributed by atoms with Crippen molar-refractivity contribution in [1.29, 1.82) is 0 Å². The van der Waals surface area contributed by atoms with Gasteiger partial charge in [0.15, 0.2) is 0 Å². The molecule has 0 aromatic rings. The first-order valence-electron chi connectivity index (χ1n) is 6.10. The number of hydrogen-bond donors (Lipinski definition) is 1. The molecule has 8 heteroatoms. The van der Waals surface area contributed by atoms with E-state index < -0.39 is 11.7 Å². The van der Waals surface area contributed by atoms with Crippen LogP contribution in [0.3, 0.4) is 0 Å². The van der Waals surface area contributed by atoms with Crippen molar-refractivity contribution in [3.63, 3.8) is 0 Å². The van der Waals surface area contributed by atoms with Crippen molar-refractivity contribution in [1.82, 2.24) is 10.3 Å². The molecule has 2 amide bonds. The zero-order valence-electron chi connectivity index (χ0n) is 12.6. The molecule has 1 rings (SSSR count). The number of amides is 2. The fourth-order valence-electron chi connectivity index (χ4n) is 1.30. The van der Waals surface area contributed by atoms with Crippen molar-refractivity contribution in [2.24, 2.45) is 10.1 Å². The number of aliphatic imine (C=N–C) groups is 1. The fraction of sp³-hybridized carbons (Fsp3) is 0.667. The number of amidine groups is 1. The van der Waals surface area contributed by atoms with E-state index in [-0.39, 0.29) is 25.7 Å². The summed E-state index contributed by atoms with van der Waals surface area (Å²) in [5, 5.41) is 3.93. The van der Waals surface area contributed by atoms with Crippen LogP contribution in [-0.4, -0.2) is 62.0 Å². The van der Waals surface area contributed by atoms with Gasteiger partial charge in [-0.1, -0.05) is 0 Å². The Morgan fingerprint density at radius 1 is 1.45 bits per heavy atom. The Hall–Kier alpha value is -1.40. The van der Waals surface area contributed by atoms with Crippen molar-refractivity contribution in [3.05, 3.63) is 0 Å². The van der Waals surface area contributed by atoms with Gasteiger partial charge in [0.05, 0.1) is 0 Å². The van der Waals surface area contributed by atoms with Gasteiger partial charge in [0, 0.05) is 0 Å². The number of carbonyl (C=O) groups is 2. The van der Waals surface area contributed by atoms with Gasteiger partial charge in [-0.25, -0.2) is 0 Å². The maximum atomic E-state index is 11.8. The van der Waals surface area contributed by atoms with E-state index >= 15 is 0 Å². The monoisotopic (exact) mass is 348 g/mol. The number of carbonyl (C=O) groups excluding carboxylic acids is 2. The molecule has 0 aromatic heterocycles. The van der Waals surface area contributed by atoms with E-state index in [9.17, 15) is 9.59 Å². The SMILES string of the molecule is C/C(=N\NC(=O)OC(C)(C)C)C1[Se]C(N(C)C)=NC1=O. The van der Waals surface area contributed by atoms with Crippen LogP contribution in [0.4, 0.5) is 4.79 Å². The van der Waals surface area contributed by atoms with Crippen LogP contribution in [0.15, 0.2) is 10.1 Å². The number of rotatable bonds is 2. The first-order valence-corrected chi connectivity index (χ1v) is 7.94. The Balaban J connectivity index is 2.59. The van der Waals surface area contributed by atoms with Gasteiger partial charge in [0.1, 0.15) is 0 Å². The van der Waals surface area contributed by atoms with Crippen LogP contribution >= 0.6 is 0 Å². The number of nitrogens with one attached hydrogen (secondary N) is 1. The topological polar surface area (TPSA) is 83.4 Å². The number of hydrogen-bond acceptors (Lipinski definition) is 5. The van der Waals surface area contributed by atoms with E-state index in [2.05, 4.69) is 15.5 Å². The average molecular weight is 347 g/mol. The second-order valence-corrected chi connectivity index (χ2v) is 7.74. The van der Waals surface area contributed by atoms with E-state index in [0.29, 0.717) is 5.71 Å². The Labute approximate surface area is 125 Å². The van der Waals surface area contributed by atoms with Crippen LogP contribution in [0, 0.1) is 0 Å². The molecule has 0 spiro atoms. The zero-order valence-corrected chi connectivity index (χ0v) is 14.3. The fourth-order valence-corrected chi connectivity index (χ4v) is 3.27. The van der Waals surface area contributed by atoms with Crippen LogP contribution in [-0.2, 0) is 9.53 Å². The van der Waals surface area contributed by atoms with Crippen molar-refractivity contribution < 1.29 is 14.3 Å². The van der Waals surface area contributed by atoms with Gasteiger partial charge >= 0.3 is 124 Å². The molecule has 0 radical (unpaired) electrons. The molecule has 20 heavy (non-hydrogen) atoms. The van der Waals surface area contributed by atoms with Crippen LogP contribution in [0.5, 0.6) is 0 Å². The van der Waals surface area contributed by atoms with Crippen LogP contribution in [0.2, 0.25) is 4.82 Å². The minimum absolute atomic E-state index is 0.107. The first-order chi connectivity index (χ1) is 9.10. The van der Waals surface area contributed by atoms with E-state index in [1.807, 2.05) is 19.0 Å². The van der Waals surface area contributed by atoms with Gasteiger partial charge in [-0.05, 0) is 0 Å². The van der Waals surface area contributed by atoms with Crippen LogP contribution in [0.1, 0.15) is 27.7 Å². The molecule has 1 unspecified atom stereocenters. The normalized spacial score (nSPS) is 19.7. The maximum absolute atomic E-state index is 11.8. The van der Waals surface area contributed by atoms with E-state index in [1.165, 1.54) is 0 Å². The van der Waals surface area contributed by atoms with Gasteiger partial charge in [0.2, 0.25) is 0 Å². The standard InChI is InChI=1S/C12H20N4O3Se/c1-7(14-15-11(18)19-12(2,3)4)8-9(17)13-10(20-8)16(5)6/h8H,1-6H3,(H,15,18)/b14-7+. The average Bonchev–Trinajstić information content (AvgIpc) is 2.66. The molecular weight excluding hydrogens is 327 g/mol. The summed E-state index contributed by atoms with van der Waals surface area (Å²) in [7, 11) is 3.70. The van der Waals surface area contributed by atoms with Gasteiger partial charge < -0.3 is 0 Å². The molecule has 1 N–H and O–H groups in total. The molecule has 0 saturated heterocycles. The number of ether oxygens (including phenoxy) is 1. The summed E-state index contributed by atoms with van der Waals surface area (Å²) in [6.45, 7) is 7.01. The third-order valence-electron chi connectivity index (χ3n) is 2.14. The van der Waals surface area contributed by atoms with Gasteiger partial charge in [-0.15, -0.1) is 0 Å². The summed E-state index contributed by atoms with van der Waals surface area (Å²) in [5.74, 6) is -0.207. The Kier molecular flexibility index (Phi) is 5.30. The van der Waals surface area contributed by atoms with Crippen molar-refractivity contribution in [2.45, 2.75) is 38.1 Å². The molecule has 1 heterocycles. The zero-order chi connectivity index (χ0) is 15.5. The second-order valence-electron chi connectivity index (χ2n) is 5.49. The van der Waals surface area contributed by atoms with E-state index in [1.54, 1.807) is 27.7 Å². The van der Waals surface area contributed by atoms with E-state index in [4.69, 9.17) is 4.74 Å². The molecule has 0 bridgehead atoms. The quantitative estimate of drug-likeness (QED) is 0.456. The van der Waals surface area contributed by atoms with Crippen LogP contribution in [0.25, 0.3) is 0 Å². The molecule has 0 aromatic carbocycles. The van der Waals surface area contributed by atoms with Gasteiger partial charge in [-0.3, -0.25) is 0 Å². The van der Waals surface area contributed by atoms with Crippen molar-refractivity contribution in [2.75, 3.05) is 14.1 Å². The molecule has 112 valence electrons. The van der Waals surface area contributed by atoms with Gasteiger partial charge in [0.25, 0.3) is 0 Å². The Morgan fingerprint density at radius 3 is 2.50 bits per heavy atom. The molecule has 1 atom stereocenters. The third kappa shape index (κ3) is 4.94. The molecular formula is C12H20N4O3Se. The first kappa shape index (κ1) is 16.7. The van der Waals surface area contributed by atoms with Crippen molar-refractivity contribution >= 4 is 37.4 Å². The molecule has 7 nitrogen and oxygen atoms in total. The summed E-state index contributed by atoms with van der Waals surface area (Å²) in [5.41, 5.74) is 2.26. The predicted octanol–water partition coefficient (Wildman–Crippen LogP) is 0.837. The van der Waals surface area contributed by atoms with Gasteiger partial charge in [-0.2, -0.15) is 0 Å².